The topological polar surface area (TPSA) is 44.2 Å². The van der Waals surface area contributed by atoms with Gasteiger partial charge in [-0.05, 0) is 57.6 Å². The summed E-state index contributed by atoms with van der Waals surface area (Å²) in [7, 11) is -0.915. The molecule has 5 heteroatoms. The number of hydrogen-bond acceptors (Lipinski definition) is 4. The largest absolute Gasteiger partial charge is 0.455 e. The zero-order chi connectivity index (χ0) is 29.7. The van der Waals surface area contributed by atoms with Gasteiger partial charge in [-0.3, -0.25) is 9.97 Å². The second kappa shape index (κ2) is 10.6. The van der Waals surface area contributed by atoms with Crippen LogP contribution in [-0.4, -0.2) is 9.97 Å². The van der Waals surface area contributed by atoms with Crippen LogP contribution in [0.15, 0.2) is 152 Å². The van der Waals surface area contributed by atoms with Crippen molar-refractivity contribution in [1.29, 1.82) is 0 Å². The van der Waals surface area contributed by atoms with Crippen LogP contribution in [0, 0.1) is 0 Å². The smallest absolute Gasteiger partial charge is 0.143 e. The highest BCUT2D eigenvalue weighted by atomic mass is 31.1. The van der Waals surface area contributed by atoms with E-state index < -0.39 is 7.92 Å². The molecule has 212 valence electrons. The lowest BCUT2D eigenvalue weighted by Crippen LogP contribution is -2.32. The number of nitrogens with zero attached hydrogens (tertiary/aromatic N) is 2. The Balaban J connectivity index is 1.15. The molecule has 0 radical (unpaired) electrons. The Bertz CT molecular complexity index is 2050. The quantitative estimate of drug-likeness (QED) is 0.190. The maximum Gasteiger partial charge on any atom is 0.143 e. The second-order valence-corrected chi connectivity index (χ2v) is 13.2. The molecular weight excluding hydrogens is 571 g/mol. The highest BCUT2D eigenvalue weighted by Crippen LogP contribution is 2.55. The molecule has 0 fully saturated rings. The minimum atomic E-state index is -0.915. The predicted octanol–water partition coefficient (Wildman–Crippen LogP) is 9.11. The molecular formula is C40H25N2O2P. The highest BCUT2D eigenvalue weighted by Gasteiger charge is 2.38. The summed E-state index contributed by atoms with van der Waals surface area (Å²) < 4.78 is 13.5. The van der Waals surface area contributed by atoms with E-state index in [0.29, 0.717) is 0 Å². The van der Waals surface area contributed by atoms with E-state index in [2.05, 4.69) is 119 Å². The van der Waals surface area contributed by atoms with Gasteiger partial charge in [0, 0.05) is 54.4 Å². The van der Waals surface area contributed by atoms with Gasteiger partial charge in [-0.1, -0.05) is 103 Å². The molecule has 0 N–H and O–H groups in total. The fourth-order valence-corrected chi connectivity index (χ4v) is 8.93. The van der Waals surface area contributed by atoms with Gasteiger partial charge >= 0.3 is 0 Å². The van der Waals surface area contributed by atoms with E-state index in [1.165, 1.54) is 10.6 Å². The van der Waals surface area contributed by atoms with Crippen LogP contribution >= 0.6 is 7.92 Å². The fraction of sp³-hybridized carbons (Fsp3) is 0. The molecule has 4 heterocycles. The molecule has 0 saturated heterocycles. The molecule has 9 rings (SSSR count). The minimum absolute atomic E-state index is 0.863. The third kappa shape index (κ3) is 4.34. The van der Waals surface area contributed by atoms with Crippen molar-refractivity contribution in [2.24, 2.45) is 0 Å². The van der Waals surface area contributed by atoms with Crippen molar-refractivity contribution in [2.45, 2.75) is 0 Å². The van der Waals surface area contributed by atoms with Crippen LogP contribution in [0.5, 0.6) is 23.0 Å². The molecule has 0 atom stereocenters. The lowest BCUT2D eigenvalue weighted by atomic mass is 10.0. The first-order valence-electron chi connectivity index (χ1n) is 14.9. The summed E-state index contributed by atoms with van der Waals surface area (Å²) in [6.07, 6.45) is 7.39. The number of rotatable bonds is 4. The van der Waals surface area contributed by atoms with Crippen molar-refractivity contribution in [3.8, 4) is 67.5 Å². The maximum absolute atomic E-state index is 6.73. The number of ether oxygens (including phenoxy) is 2. The van der Waals surface area contributed by atoms with E-state index in [1.807, 2.05) is 30.6 Å². The Morgan fingerprint density at radius 3 is 1.29 bits per heavy atom. The Hall–Kier alpha value is -5.57. The van der Waals surface area contributed by atoms with Gasteiger partial charge in [-0.2, -0.15) is 0 Å². The minimum Gasteiger partial charge on any atom is -0.455 e. The SMILES string of the molecule is c1cncc(-c2ccc(-c3cccc4c3Oc3cccc5c3P4c3cccc(-c4ccc(-c6cccnc6)cc4)c3O5)cc2)c1. The van der Waals surface area contributed by atoms with Crippen LogP contribution in [0.2, 0.25) is 0 Å². The number of benzene rings is 5. The molecule has 0 saturated carbocycles. The first-order chi connectivity index (χ1) is 22.3. The molecule has 45 heavy (non-hydrogen) atoms. The zero-order valence-corrected chi connectivity index (χ0v) is 25.0. The van der Waals surface area contributed by atoms with Crippen molar-refractivity contribution in [3.05, 3.63) is 152 Å². The van der Waals surface area contributed by atoms with Gasteiger partial charge in [0.25, 0.3) is 0 Å². The third-order valence-corrected chi connectivity index (χ3v) is 11.0. The summed E-state index contributed by atoms with van der Waals surface area (Å²) in [5.41, 5.74) is 8.86. The van der Waals surface area contributed by atoms with Gasteiger partial charge in [0.1, 0.15) is 23.0 Å². The molecule has 5 aromatic carbocycles. The van der Waals surface area contributed by atoms with Crippen LogP contribution in [0.1, 0.15) is 0 Å². The Kier molecular flexibility index (Phi) is 6.07. The molecule has 2 aromatic heterocycles. The van der Waals surface area contributed by atoms with Crippen molar-refractivity contribution < 1.29 is 9.47 Å². The fourth-order valence-electron chi connectivity index (χ4n) is 6.30. The summed E-state index contributed by atoms with van der Waals surface area (Å²) >= 11 is 0. The van der Waals surface area contributed by atoms with Crippen molar-refractivity contribution >= 4 is 23.8 Å². The van der Waals surface area contributed by atoms with Gasteiger partial charge in [0.15, 0.2) is 0 Å². The average molecular weight is 597 g/mol. The van der Waals surface area contributed by atoms with Crippen LogP contribution in [0.25, 0.3) is 44.5 Å². The summed E-state index contributed by atoms with van der Waals surface area (Å²) in [5.74, 6) is 3.56. The normalized spacial score (nSPS) is 12.7. The number of pyridine rings is 2. The molecule has 7 aromatic rings. The van der Waals surface area contributed by atoms with E-state index >= 15 is 0 Å². The number of para-hydroxylation sites is 2. The van der Waals surface area contributed by atoms with E-state index in [-0.39, 0.29) is 0 Å². The maximum atomic E-state index is 6.73. The van der Waals surface area contributed by atoms with E-state index in [4.69, 9.17) is 9.47 Å². The molecule has 0 spiro atoms. The lowest BCUT2D eigenvalue weighted by molar-refractivity contribution is 0.468. The van der Waals surface area contributed by atoms with Crippen LogP contribution in [-0.2, 0) is 0 Å². The van der Waals surface area contributed by atoms with Gasteiger partial charge < -0.3 is 9.47 Å². The predicted molar refractivity (Wildman–Crippen MR) is 183 cm³/mol. The molecule has 4 nitrogen and oxygen atoms in total. The monoisotopic (exact) mass is 596 g/mol. The molecule has 0 aliphatic carbocycles. The van der Waals surface area contributed by atoms with Gasteiger partial charge in [0.05, 0.1) is 5.30 Å². The highest BCUT2D eigenvalue weighted by molar-refractivity contribution is 7.80. The summed E-state index contributed by atoms with van der Waals surface area (Å²) in [6, 6.07) is 44.6. The summed E-state index contributed by atoms with van der Waals surface area (Å²) in [6.45, 7) is 0. The van der Waals surface area contributed by atoms with E-state index in [9.17, 15) is 0 Å². The standard InChI is InChI=1S/C40H25N2O2P/c1-8-32(28-18-14-26(15-19-28)30-6-4-22-41-24-30)38-36(12-1)45-37-13-2-9-33(39(37)44-35-11-3-10-34(43-38)40(35)45)29-20-16-27(17-21-29)31-7-5-23-42-25-31/h1-25H. The zero-order valence-electron chi connectivity index (χ0n) is 24.1. The molecule has 0 bridgehead atoms. The Morgan fingerprint density at radius 2 is 0.844 bits per heavy atom. The molecule has 0 amide bonds. The van der Waals surface area contributed by atoms with E-state index in [0.717, 1.165) is 72.8 Å². The molecule has 2 aliphatic rings. The second-order valence-electron chi connectivity index (χ2n) is 11.1. The van der Waals surface area contributed by atoms with Gasteiger partial charge in [-0.15, -0.1) is 0 Å². The number of aromatic nitrogens is 2. The van der Waals surface area contributed by atoms with Crippen LogP contribution < -0.4 is 25.4 Å². The van der Waals surface area contributed by atoms with Gasteiger partial charge in [0.2, 0.25) is 0 Å². The third-order valence-electron chi connectivity index (χ3n) is 8.46. The summed E-state index contributed by atoms with van der Waals surface area (Å²) in [4.78, 5) is 8.56. The van der Waals surface area contributed by atoms with Crippen LogP contribution in [0.3, 0.4) is 0 Å². The number of fused-ring (bicyclic) bond motifs is 4. The molecule has 0 unspecified atom stereocenters. The molecule has 2 aliphatic heterocycles. The first-order valence-corrected chi connectivity index (χ1v) is 16.2. The van der Waals surface area contributed by atoms with Crippen molar-refractivity contribution in [1.82, 2.24) is 9.97 Å². The Labute approximate surface area is 262 Å². The Morgan fingerprint density at radius 1 is 0.400 bits per heavy atom. The van der Waals surface area contributed by atoms with Crippen molar-refractivity contribution in [3.63, 3.8) is 0 Å². The van der Waals surface area contributed by atoms with Gasteiger partial charge in [-0.25, -0.2) is 0 Å². The summed E-state index contributed by atoms with van der Waals surface area (Å²) in [5, 5.41) is 3.54. The van der Waals surface area contributed by atoms with Crippen molar-refractivity contribution in [2.75, 3.05) is 0 Å². The lowest BCUT2D eigenvalue weighted by Gasteiger charge is -2.36. The first kappa shape index (κ1) is 25.9. The average Bonchev–Trinajstić information content (AvgIpc) is 3.12. The van der Waals surface area contributed by atoms with E-state index in [1.54, 1.807) is 12.4 Å². The number of hydrogen-bond donors (Lipinski definition) is 0. The van der Waals surface area contributed by atoms with Crippen LogP contribution in [0.4, 0.5) is 0 Å².